The smallest absolute Gasteiger partial charge is 0.227 e. The Morgan fingerprint density at radius 2 is 1.94 bits per heavy atom. The van der Waals surface area contributed by atoms with Gasteiger partial charge in [-0.1, -0.05) is 25.7 Å². The second-order valence-electron chi connectivity index (χ2n) is 4.65. The van der Waals surface area contributed by atoms with Crippen LogP contribution in [0, 0.1) is 5.41 Å². The maximum Gasteiger partial charge on any atom is 0.227 e. The van der Waals surface area contributed by atoms with Crippen molar-refractivity contribution in [1.82, 2.24) is 5.32 Å². The summed E-state index contributed by atoms with van der Waals surface area (Å²) in [6.45, 7) is 1.61. The molecule has 1 aliphatic rings. The van der Waals surface area contributed by atoms with E-state index in [0.29, 0.717) is 19.7 Å². The lowest BCUT2D eigenvalue weighted by molar-refractivity contribution is -0.131. The molecule has 0 atom stereocenters. The molecule has 4 nitrogen and oxygen atoms in total. The molecule has 1 saturated carbocycles. The third kappa shape index (κ3) is 3.46. The zero-order valence-corrected chi connectivity index (χ0v) is 10.3. The molecule has 3 N–H and O–H groups in total. The fourth-order valence-corrected chi connectivity index (χ4v) is 2.38. The molecule has 0 radical (unpaired) electrons. The number of carbonyl (C=O) groups excluding carboxylic acids is 1. The van der Waals surface area contributed by atoms with Gasteiger partial charge in [0.25, 0.3) is 0 Å². The molecule has 1 aliphatic carbocycles. The molecule has 0 aliphatic heterocycles. The predicted octanol–water partition coefficient (Wildman–Crippen LogP) is 1.05. The first kappa shape index (κ1) is 13.5. The van der Waals surface area contributed by atoms with Crippen molar-refractivity contribution in [3.63, 3.8) is 0 Å². The number of rotatable bonds is 5. The molecule has 4 heteroatoms. The minimum absolute atomic E-state index is 0.119. The number of hydrogen-bond donors (Lipinski definition) is 2. The van der Waals surface area contributed by atoms with E-state index in [-0.39, 0.29) is 11.3 Å². The van der Waals surface area contributed by atoms with Crippen molar-refractivity contribution in [2.24, 2.45) is 11.1 Å². The van der Waals surface area contributed by atoms with E-state index in [1.54, 1.807) is 7.11 Å². The molecular weight excluding hydrogens is 204 g/mol. The fraction of sp³-hybridized carbons (Fsp3) is 0.917. The van der Waals surface area contributed by atoms with Crippen molar-refractivity contribution in [2.45, 2.75) is 38.5 Å². The maximum atomic E-state index is 12.1. The molecule has 0 unspecified atom stereocenters. The zero-order chi connectivity index (χ0) is 11.9. The van der Waals surface area contributed by atoms with Gasteiger partial charge in [0, 0.05) is 20.2 Å². The van der Waals surface area contributed by atoms with E-state index in [2.05, 4.69) is 5.32 Å². The first-order valence-electron chi connectivity index (χ1n) is 6.22. The molecule has 0 spiro atoms. The third-order valence-electron chi connectivity index (χ3n) is 3.52. The highest BCUT2D eigenvalue weighted by molar-refractivity contribution is 5.82. The van der Waals surface area contributed by atoms with Crippen LogP contribution < -0.4 is 11.1 Å². The Bertz CT molecular complexity index is 211. The standard InChI is InChI=1S/C12H24N2O2/c1-16-9-8-14-11(15)12(10-13)6-4-2-3-5-7-12/h2-10,13H2,1H3,(H,14,15). The molecule has 0 heterocycles. The molecule has 0 aromatic rings. The second-order valence-corrected chi connectivity index (χ2v) is 4.65. The molecule has 16 heavy (non-hydrogen) atoms. The van der Waals surface area contributed by atoms with Crippen LogP contribution in [0.15, 0.2) is 0 Å². The fourth-order valence-electron chi connectivity index (χ4n) is 2.38. The Balaban J connectivity index is 2.51. The number of ether oxygens (including phenoxy) is 1. The first-order chi connectivity index (χ1) is 7.75. The average Bonchev–Trinajstić information content (AvgIpc) is 2.55. The Labute approximate surface area is 97.9 Å². The summed E-state index contributed by atoms with van der Waals surface area (Å²) < 4.78 is 4.92. The van der Waals surface area contributed by atoms with Gasteiger partial charge >= 0.3 is 0 Å². The number of amides is 1. The van der Waals surface area contributed by atoms with E-state index in [1.165, 1.54) is 12.8 Å². The van der Waals surface area contributed by atoms with E-state index in [0.717, 1.165) is 25.7 Å². The number of nitrogens with two attached hydrogens (primary N) is 1. The molecule has 0 bridgehead atoms. The molecule has 1 amide bonds. The largest absolute Gasteiger partial charge is 0.383 e. The Hall–Kier alpha value is -0.610. The third-order valence-corrected chi connectivity index (χ3v) is 3.52. The van der Waals surface area contributed by atoms with Gasteiger partial charge in [0.15, 0.2) is 0 Å². The van der Waals surface area contributed by atoms with Gasteiger partial charge in [-0.15, -0.1) is 0 Å². The first-order valence-corrected chi connectivity index (χ1v) is 6.22. The van der Waals surface area contributed by atoms with Gasteiger partial charge in [0.05, 0.1) is 12.0 Å². The highest BCUT2D eigenvalue weighted by Gasteiger charge is 2.36. The molecule has 0 aromatic heterocycles. The topological polar surface area (TPSA) is 64.3 Å². The van der Waals surface area contributed by atoms with Crippen LogP contribution in [0.1, 0.15) is 38.5 Å². The SMILES string of the molecule is COCCNC(=O)C1(CN)CCCCCC1. The van der Waals surface area contributed by atoms with Crippen LogP contribution in [0.3, 0.4) is 0 Å². The second kappa shape index (κ2) is 6.86. The summed E-state index contributed by atoms with van der Waals surface area (Å²) in [6.07, 6.45) is 6.56. The van der Waals surface area contributed by atoms with Crippen LogP contribution in [-0.4, -0.2) is 32.7 Å². The van der Waals surface area contributed by atoms with Gasteiger partial charge in [-0.05, 0) is 12.8 Å². The van der Waals surface area contributed by atoms with Crippen molar-refractivity contribution in [3.8, 4) is 0 Å². The molecule has 1 fully saturated rings. The van der Waals surface area contributed by atoms with Gasteiger partial charge in [0.2, 0.25) is 5.91 Å². The highest BCUT2D eigenvalue weighted by Crippen LogP contribution is 2.34. The molecule has 94 valence electrons. The van der Waals surface area contributed by atoms with Gasteiger partial charge in [-0.25, -0.2) is 0 Å². The Morgan fingerprint density at radius 1 is 1.31 bits per heavy atom. The predicted molar refractivity (Wildman–Crippen MR) is 64.1 cm³/mol. The number of nitrogens with one attached hydrogen (secondary N) is 1. The Kier molecular flexibility index (Phi) is 5.77. The van der Waals surface area contributed by atoms with Gasteiger partial charge in [-0.3, -0.25) is 4.79 Å². The summed E-state index contributed by atoms with van der Waals surface area (Å²) in [5.41, 5.74) is 5.51. The molecular formula is C12H24N2O2. The molecule has 1 rings (SSSR count). The van der Waals surface area contributed by atoms with E-state index in [1.807, 2.05) is 0 Å². The van der Waals surface area contributed by atoms with Gasteiger partial charge in [-0.2, -0.15) is 0 Å². The number of hydrogen-bond acceptors (Lipinski definition) is 3. The van der Waals surface area contributed by atoms with Crippen molar-refractivity contribution >= 4 is 5.91 Å². The Morgan fingerprint density at radius 3 is 2.44 bits per heavy atom. The van der Waals surface area contributed by atoms with Crippen LogP contribution in [0.25, 0.3) is 0 Å². The zero-order valence-electron chi connectivity index (χ0n) is 10.3. The summed E-state index contributed by atoms with van der Waals surface area (Å²) in [6, 6.07) is 0. The van der Waals surface area contributed by atoms with E-state index >= 15 is 0 Å². The van der Waals surface area contributed by atoms with Crippen molar-refractivity contribution in [2.75, 3.05) is 26.8 Å². The summed E-state index contributed by atoms with van der Waals surface area (Å²) in [4.78, 5) is 12.1. The van der Waals surface area contributed by atoms with Crippen LogP contribution in [0.2, 0.25) is 0 Å². The minimum Gasteiger partial charge on any atom is -0.383 e. The normalized spacial score (nSPS) is 20.1. The van der Waals surface area contributed by atoms with Crippen molar-refractivity contribution in [3.05, 3.63) is 0 Å². The quantitative estimate of drug-likeness (QED) is 0.546. The molecule has 0 aromatic carbocycles. The van der Waals surface area contributed by atoms with Crippen LogP contribution in [0.4, 0.5) is 0 Å². The lowest BCUT2D eigenvalue weighted by atomic mass is 9.79. The lowest BCUT2D eigenvalue weighted by Crippen LogP contribution is -2.46. The molecule has 0 saturated heterocycles. The van der Waals surface area contributed by atoms with E-state index in [4.69, 9.17) is 10.5 Å². The number of carbonyl (C=O) groups is 1. The van der Waals surface area contributed by atoms with Crippen LogP contribution >= 0.6 is 0 Å². The summed E-state index contributed by atoms with van der Waals surface area (Å²) in [5.74, 6) is 0.119. The van der Waals surface area contributed by atoms with Crippen LogP contribution in [-0.2, 0) is 9.53 Å². The van der Waals surface area contributed by atoms with Gasteiger partial charge < -0.3 is 15.8 Å². The van der Waals surface area contributed by atoms with E-state index in [9.17, 15) is 4.79 Å². The lowest BCUT2D eigenvalue weighted by Gasteiger charge is -2.29. The minimum atomic E-state index is -0.315. The monoisotopic (exact) mass is 228 g/mol. The summed E-state index contributed by atoms with van der Waals surface area (Å²) in [5, 5.41) is 2.93. The van der Waals surface area contributed by atoms with Crippen molar-refractivity contribution < 1.29 is 9.53 Å². The average molecular weight is 228 g/mol. The number of methoxy groups -OCH3 is 1. The van der Waals surface area contributed by atoms with Crippen LogP contribution in [0.5, 0.6) is 0 Å². The van der Waals surface area contributed by atoms with E-state index < -0.39 is 0 Å². The highest BCUT2D eigenvalue weighted by atomic mass is 16.5. The van der Waals surface area contributed by atoms with Crippen molar-refractivity contribution in [1.29, 1.82) is 0 Å². The maximum absolute atomic E-state index is 12.1. The summed E-state index contributed by atoms with van der Waals surface area (Å²) >= 11 is 0. The summed E-state index contributed by atoms with van der Waals surface area (Å²) in [7, 11) is 1.64. The van der Waals surface area contributed by atoms with Gasteiger partial charge in [0.1, 0.15) is 0 Å².